The monoisotopic (exact) mass is 203 g/mol. The van der Waals surface area contributed by atoms with Gasteiger partial charge in [0.1, 0.15) is 0 Å². The topological polar surface area (TPSA) is 63.4 Å². The largest absolute Gasteiger partial charge is 0.339 e. The van der Waals surface area contributed by atoms with Gasteiger partial charge < -0.3 is 5.11 Å². The fourth-order valence-corrected chi connectivity index (χ4v) is 1.49. The van der Waals surface area contributed by atoms with Crippen LogP contribution in [-0.4, -0.2) is 10.0 Å². The molecule has 0 spiro atoms. The molecule has 0 radical (unpaired) electrons. The van der Waals surface area contributed by atoms with Crippen molar-refractivity contribution in [2.24, 2.45) is 0 Å². The third kappa shape index (κ3) is 1.80. The van der Waals surface area contributed by atoms with E-state index in [1.54, 1.807) is 18.2 Å². The van der Waals surface area contributed by atoms with Gasteiger partial charge in [0.05, 0.1) is 10.5 Å². The molecule has 2 aromatic carbocycles. The van der Waals surface area contributed by atoms with Crippen LogP contribution in [0.25, 0.3) is 10.8 Å². The molecular weight excluding hydrogens is 194 g/mol. The van der Waals surface area contributed by atoms with Gasteiger partial charge in [0.25, 0.3) is 0 Å². The summed E-state index contributed by atoms with van der Waals surface area (Å²) in [4.78, 5) is 9.67. The van der Waals surface area contributed by atoms with Crippen LogP contribution in [-0.2, 0) is 0 Å². The summed E-state index contributed by atoms with van der Waals surface area (Å²) < 4.78 is 0. The van der Waals surface area contributed by atoms with E-state index in [2.05, 4.69) is 0 Å². The first-order chi connectivity index (χ1) is 7.18. The van der Waals surface area contributed by atoms with Crippen LogP contribution < -0.4 is 0 Å². The Labute approximate surface area is 85.9 Å². The van der Waals surface area contributed by atoms with Crippen molar-refractivity contribution in [1.82, 2.24) is 0 Å². The normalized spacial score (nSPS) is 12.6. The summed E-state index contributed by atoms with van der Waals surface area (Å²) in [6, 6.07) is 12.5. The second-order valence-electron chi connectivity index (χ2n) is 3.27. The minimum absolute atomic E-state index is 0.304. The summed E-state index contributed by atoms with van der Waals surface area (Å²) in [5, 5.41) is 21.5. The number of fused-ring (bicyclic) bond motifs is 1. The van der Waals surface area contributed by atoms with Crippen LogP contribution in [0.5, 0.6) is 0 Å². The second kappa shape index (κ2) is 3.67. The van der Waals surface area contributed by atoms with E-state index in [0.717, 1.165) is 10.8 Å². The van der Waals surface area contributed by atoms with E-state index in [1.165, 1.54) is 0 Å². The van der Waals surface area contributed by atoms with Gasteiger partial charge in [-0.15, -0.1) is 0 Å². The van der Waals surface area contributed by atoms with Crippen LogP contribution in [0.4, 0.5) is 0 Å². The van der Waals surface area contributed by atoms with Crippen LogP contribution in [0, 0.1) is 10.1 Å². The predicted molar refractivity (Wildman–Crippen MR) is 55.9 cm³/mol. The average Bonchev–Trinajstić information content (AvgIpc) is 2.27. The van der Waals surface area contributed by atoms with Crippen LogP contribution in [0.15, 0.2) is 42.5 Å². The van der Waals surface area contributed by atoms with Gasteiger partial charge in [-0.05, 0) is 22.9 Å². The predicted octanol–water partition coefficient (Wildman–Crippen LogP) is 2.11. The molecule has 0 saturated heterocycles. The highest BCUT2D eigenvalue weighted by molar-refractivity contribution is 5.83. The quantitative estimate of drug-likeness (QED) is 0.462. The minimum atomic E-state index is -1.64. The van der Waals surface area contributed by atoms with Crippen LogP contribution in [0.2, 0.25) is 0 Å². The number of benzene rings is 2. The van der Waals surface area contributed by atoms with Crippen molar-refractivity contribution in [3.63, 3.8) is 0 Å². The standard InChI is InChI=1S/C11H9NO3/c13-11(12(14)15)10-6-5-8-3-1-2-4-9(8)7-10/h1-7,11,13H. The first kappa shape index (κ1) is 9.61. The molecule has 0 aliphatic rings. The number of hydrogen-bond acceptors (Lipinski definition) is 3. The molecule has 0 aromatic heterocycles. The van der Waals surface area contributed by atoms with Gasteiger partial charge in [-0.25, -0.2) is 0 Å². The van der Waals surface area contributed by atoms with E-state index in [9.17, 15) is 15.2 Å². The number of aliphatic hydroxyl groups is 1. The Hall–Kier alpha value is -1.94. The van der Waals surface area contributed by atoms with Crippen molar-refractivity contribution < 1.29 is 10.0 Å². The lowest BCUT2D eigenvalue weighted by atomic mass is 10.1. The third-order valence-electron chi connectivity index (χ3n) is 2.27. The number of nitro groups is 1. The van der Waals surface area contributed by atoms with Crippen LogP contribution in [0.1, 0.15) is 11.8 Å². The summed E-state index contributed by atoms with van der Waals surface area (Å²) in [6.07, 6.45) is -1.64. The first-order valence-corrected chi connectivity index (χ1v) is 4.49. The van der Waals surface area contributed by atoms with Crippen molar-refractivity contribution in [2.75, 3.05) is 0 Å². The fraction of sp³-hybridized carbons (Fsp3) is 0.0909. The zero-order chi connectivity index (χ0) is 10.8. The lowest BCUT2D eigenvalue weighted by Gasteiger charge is -2.04. The lowest BCUT2D eigenvalue weighted by Crippen LogP contribution is -2.08. The fourth-order valence-electron chi connectivity index (χ4n) is 1.49. The summed E-state index contributed by atoms with van der Waals surface area (Å²) in [7, 11) is 0. The SMILES string of the molecule is O=[N+]([O-])C(O)c1ccc2ccccc2c1. The molecule has 0 aliphatic carbocycles. The molecule has 0 amide bonds. The number of rotatable bonds is 2. The summed E-state index contributed by atoms with van der Waals surface area (Å²) in [6.45, 7) is 0. The van der Waals surface area contributed by atoms with Crippen LogP contribution >= 0.6 is 0 Å². The molecule has 0 fully saturated rings. The van der Waals surface area contributed by atoms with Gasteiger partial charge in [0.2, 0.25) is 0 Å². The maximum Gasteiger partial charge on any atom is 0.339 e. The third-order valence-corrected chi connectivity index (χ3v) is 2.27. The molecule has 0 aliphatic heterocycles. The number of aliphatic hydroxyl groups excluding tert-OH is 1. The maximum absolute atomic E-state index is 10.4. The molecule has 15 heavy (non-hydrogen) atoms. The summed E-state index contributed by atoms with van der Waals surface area (Å²) in [5.41, 5.74) is 0.304. The van der Waals surface area contributed by atoms with E-state index < -0.39 is 11.2 Å². The van der Waals surface area contributed by atoms with Gasteiger partial charge in [0.15, 0.2) is 0 Å². The highest BCUT2D eigenvalue weighted by atomic mass is 16.7. The van der Waals surface area contributed by atoms with Gasteiger partial charge in [-0.1, -0.05) is 30.3 Å². The van der Waals surface area contributed by atoms with E-state index in [4.69, 9.17) is 0 Å². The van der Waals surface area contributed by atoms with Gasteiger partial charge in [-0.2, -0.15) is 0 Å². The Morgan fingerprint density at radius 2 is 1.80 bits per heavy atom. The number of nitrogens with zero attached hydrogens (tertiary/aromatic N) is 1. The molecular formula is C11H9NO3. The van der Waals surface area contributed by atoms with Gasteiger partial charge in [0, 0.05) is 0 Å². The van der Waals surface area contributed by atoms with Crippen molar-refractivity contribution >= 4 is 10.8 Å². The molecule has 1 N–H and O–H groups in total. The lowest BCUT2D eigenvalue weighted by molar-refractivity contribution is -0.578. The summed E-state index contributed by atoms with van der Waals surface area (Å²) >= 11 is 0. The smallest absolute Gasteiger partial charge is 0.329 e. The molecule has 76 valence electrons. The molecule has 0 heterocycles. The van der Waals surface area contributed by atoms with E-state index in [-0.39, 0.29) is 0 Å². The summed E-state index contributed by atoms with van der Waals surface area (Å²) in [5.74, 6) is 0. The molecule has 1 unspecified atom stereocenters. The highest BCUT2D eigenvalue weighted by Gasteiger charge is 2.17. The van der Waals surface area contributed by atoms with E-state index >= 15 is 0 Å². The van der Waals surface area contributed by atoms with Crippen molar-refractivity contribution in [1.29, 1.82) is 0 Å². The highest BCUT2D eigenvalue weighted by Crippen LogP contribution is 2.20. The Morgan fingerprint density at radius 1 is 1.13 bits per heavy atom. The van der Waals surface area contributed by atoms with Gasteiger partial charge in [-0.3, -0.25) is 10.1 Å². The number of hydrogen-bond donors (Lipinski definition) is 1. The van der Waals surface area contributed by atoms with Crippen LogP contribution in [0.3, 0.4) is 0 Å². The Morgan fingerprint density at radius 3 is 2.47 bits per heavy atom. The molecule has 2 rings (SSSR count). The van der Waals surface area contributed by atoms with E-state index in [1.807, 2.05) is 24.3 Å². The zero-order valence-electron chi connectivity index (χ0n) is 7.83. The average molecular weight is 203 g/mol. The molecule has 4 nitrogen and oxygen atoms in total. The Balaban J connectivity index is 2.51. The Bertz CT molecular complexity index is 510. The zero-order valence-corrected chi connectivity index (χ0v) is 7.83. The molecule has 4 heteroatoms. The first-order valence-electron chi connectivity index (χ1n) is 4.49. The molecule has 1 atom stereocenters. The van der Waals surface area contributed by atoms with E-state index in [0.29, 0.717) is 5.56 Å². The molecule has 2 aromatic rings. The van der Waals surface area contributed by atoms with Crippen molar-refractivity contribution in [2.45, 2.75) is 6.23 Å². The maximum atomic E-state index is 10.4. The van der Waals surface area contributed by atoms with Crippen molar-refractivity contribution in [3.05, 3.63) is 58.1 Å². The van der Waals surface area contributed by atoms with Gasteiger partial charge >= 0.3 is 6.23 Å². The molecule has 0 saturated carbocycles. The van der Waals surface area contributed by atoms with Crippen molar-refractivity contribution in [3.8, 4) is 0 Å². The minimum Gasteiger partial charge on any atom is -0.329 e. The molecule has 0 bridgehead atoms. The Kier molecular flexibility index (Phi) is 2.35. The second-order valence-corrected chi connectivity index (χ2v) is 3.27.